The number of hydrogen-bond acceptors (Lipinski definition) is 3. The van der Waals surface area contributed by atoms with Gasteiger partial charge in [-0.15, -0.1) is 0 Å². The summed E-state index contributed by atoms with van der Waals surface area (Å²) < 4.78 is 21.1. The number of benzene rings is 1. The van der Waals surface area contributed by atoms with Crippen LogP contribution >= 0.6 is 0 Å². The molecule has 0 saturated carbocycles. The van der Waals surface area contributed by atoms with E-state index in [0.717, 1.165) is 5.69 Å². The topological polar surface area (TPSA) is 43.4 Å². The van der Waals surface area contributed by atoms with Crippen molar-refractivity contribution < 1.29 is 38.3 Å². The van der Waals surface area contributed by atoms with E-state index in [1.54, 1.807) is 18.2 Å². The molecular formula is C8H10NNaO2S. The zero-order valence-electron chi connectivity index (χ0n) is 7.98. The first kappa shape index (κ1) is 13.1. The molecule has 13 heavy (non-hydrogen) atoms. The number of anilines is 1. The van der Waals surface area contributed by atoms with Gasteiger partial charge in [0.2, 0.25) is 0 Å². The third kappa shape index (κ3) is 3.79. The average Bonchev–Trinajstić information content (AvgIpc) is 2.04. The Labute approximate surface area is 103 Å². The first-order valence-corrected chi connectivity index (χ1v) is 4.55. The van der Waals surface area contributed by atoms with Crippen molar-refractivity contribution in [2.45, 2.75) is 4.90 Å². The second kappa shape index (κ2) is 5.78. The van der Waals surface area contributed by atoms with Gasteiger partial charge in [0.1, 0.15) is 0 Å². The van der Waals surface area contributed by atoms with Gasteiger partial charge in [0, 0.05) is 24.7 Å². The van der Waals surface area contributed by atoms with E-state index in [9.17, 15) is 8.76 Å². The Morgan fingerprint density at radius 2 is 2.00 bits per heavy atom. The molecule has 0 amide bonds. The Balaban J connectivity index is 0.00000144. The van der Waals surface area contributed by atoms with Gasteiger partial charge in [-0.25, -0.2) is 0 Å². The van der Waals surface area contributed by atoms with E-state index in [1.165, 1.54) is 0 Å². The predicted octanol–water partition coefficient (Wildman–Crippen LogP) is -2.01. The molecule has 0 fully saturated rings. The minimum absolute atomic E-state index is 0. The molecule has 0 radical (unpaired) electrons. The van der Waals surface area contributed by atoms with E-state index in [1.807, 2.05) is 25.1 Å². The van der Waals surface area contributed by atoms with Crippen LogP contribution in [-0.2, 0) is 11.1 Å². The minimum atomic E-state index is -2.13. The fourth-order valence-corrected chi connectivity index (χ4v) is 1.27. The SMILES string of the molecule is CN(C)c1cccc(S(=O)[O-])c1.[Na+]. The van der Waals surface area contributed by atoms with Crippen molar-refractivity contribution in [3.8, 4) is 0 Å². The van der Waals surface area contributed by atoms with E-state index in [0.29, 0.717) is 4.90 Å². The molecule has 0 aliphatic heterocycles. The van der Waals surface area contributed by atoms with Crippen LogP contribution in [0.1, 0.15) is 0 Å². The van der Waals surface area contributed by atoms with Crippen molar-refractivity contribution >= 4 is 16.8 Å². The van der Waals surface area contributed by atoms with Crippen molar-refractivity contribution in [1.82, 2.24) is 0 Å². The molecule has 5 heteroatoms. The number of rotatable bonds is 2. The maximum atomic E-state index is 10.6. The summed E-state index contributed by atoms with van der Waals surface area (Å²) in [7, 11) is 3.74. The van der Waals surface area contributed by atoms with Crippen LogP contribution < -0.4 is 34.5 Å². The summed E-state index contributed by atoms with van der Waals surface area (Å²) in [6.07, 6.45) is 0. The molecule has 0 aliphatic carbocycles. The van der Waals surface area contributed by atoms with Crippen molar-refractivity contribution in [1.29, 1.82) is 0 Å². The van der Waals surface area contributed by atoms with Gasteiger partial charge >= 0.3 is 29.6 Å². The Morgan fingerprint density at radius 1 is 1.38 bits per heavy atom. The fourth-order valence-electron chi connectivity index (χ4n) is 0.865. The molecule has 3 nitrogen and oxygen atoms in total. The molecule has 0 spiro atoms. The Bertz CT molecular complexity index is 304. The number of hydrogen-bond donors (Lipinski definition) is 0. The molecule has 0 aromatic heterocycles. The van der Waals surface area contributed by atoms with Crippen molar-refractivity contribution in [2.24, 2.45) is 0 Å². The van der Waals surface area contributed by atoms with Crippen molar-refractivity contribution in [3.63, 3.8) is 0 Å². The van der Waals surface area contributed by atoms with Crippen LogP contribution in [0.25, 0.3) is 0 Å². The van der Waals surface area contributed by atoms with Crippen LogP contribution in [-0.4, -0.2) is 22.9 Å². The Hall–Kier alpha value is 0.130. The zero-order chi connectivity index (χ0) is 9.14. The van der Waals surface area contributed by atoms with Crippen molar-refractivity contribution in [3.05, 3.63) is 24.3 Å². The molecule has 0 bridgehead atoms. The molecule has 66 valence electrons. The minimum Gasteiger partial charge on any atom is -0.768 e. The van der Waals surface area contributed by atoms with Gasteiger partial charge in [0.15, 0.2) is 0 Å². The van der Waals surface area contributed by atoms with Crippen LogP contribution in [0.4, 0.5) is 5.69 Å². The van der Waals surface area contributed by atoms with Crippen molar-refractivity contribution in [2.75, 3.05) is 19.0 Å². The van der Waals surface area contributed by atoms with E-state index in [4.69, 9.17) is 0 Å². The summed E-state index contributed by atoms with van der Waals surface area (Å²) in [5.74, 6) is 0. The molecule has 1 atom stereocenters. The van der Waals surface area contributed by atoms with Gasteiger partial charge in [-0.1, -0.05) is 6.07 Å². The van der Waals surface area contributed by atoms with Crippen LogP contribution in [0.3, 0.4) is 0 Å². The second-order valence-corrected chi connectivity index (χ2v) is 3.57. The van der Waals surface area contributed by atoms with Crippen LogP contribution in [0.2, 0.25) is 0 Å². The van der Waals surface area contributed by atoms with E-state index < -0.39 is 11.1 Å². The molecule has 1 unspecified atom stereocenters. The number of nitrogens with zero attached hydrogens (tertiary/aromatic N) is 1. The average molecular weight is 207 g/mol. The molecule has 0 aliphatic rings. The monoisotopic (exact) mass is 207 g/mol. The van der Waals surface area contributed by atoms with Gasteiger partial charge in [0.05, 0.1) is 0 Å². The summed E-state index contributed by atoms with van der Waals surface area (Å²) in [4.78, 5) is 2.18. The molecule has 1 aromatic rings. The van der Waals surface area contributed by atoms with Crippen LogP contribution in [0.5, 0.6) is 0 Å². The maximum Gasteiger partial charge on any atom is 1.00 e. The summed E-state index contributed by atoms with van der Waals surface area (Å²) in [6, 6.07) is 6.77. The summed E-state index contributed by atoms with van der Waals surface area (Å²) in [5.41, 5.74) is 0.886. The molecule has 1 aromatic carbocycles. The fraction of sp³-hybridized carbons (Fsp3) is 0.250. The molecule has 0 saturated heterocycles. The Kier molecular flexibility index (Phi) is 5.83. The first-order valence-electron chi connectivity index (χ1n) is 3.48. The largest absolute Gasteiger partial charge is 1.00 e. The zero-order valence-corrected chi connectivity index (χ0v) is 10.8. The Morgan fingerprint density at radius 3 is 2.46 bits per heavy atom. The molecule has 0 N–H and O–H groups in total. The second-order valence-electron chi connectivity index (χ2n) is 2.63. The predicted molar refractivity (Wildman–Crippen MR) is 48.0 cm³/mol. The normalized spacial score (nSPS) is 11.6. The summed E-state index contributed by atoms with van der Waals surface area (Å²) >= 11 is -2.13. The maximum absolute atomic E-state index is 10.6. The standard InChI is InChI=1S/C8H11NO2S.Na/c1-9(2)7-4-3-5-8(6-7)12(10)11;/h3-6H,1-2H3,(H,10,11);/q;+1/p-1. The summed E-state index contributed by atoms with van der Waals surface area (Å²) in [5, 5.41) is 0. The van der Waals surface area contributed by atoms with E-state index in [-0.39, 0.29) is 29.6 Å². The van der Waals surface area contributed by atoms with Gasteiger partial charge in [0.25, 0.3) is 0 Å². The molecule has 0 heterocycles. The van der Waals surface area contributed by atoms with Crippen LogP contribution in [0.15, 0.2) is 29.2 Å². The van der Waals surface area contributed by atoms with Gasteiger partial charge < -0.3 is 9.45 Å². The third-order valence-electron chi connectivity index (χ3n) is 1.53. The molecule has 1 rings (SSSR count). The van der Waals surface area contributed by atoms with Gasteiger partial charge in [-0.3, -0.25) is 4.21 Å². The first-order chi connectivity index (χ1) is 5.61. The van der Waals surface area contributed by atoms with Gasteiger partial charge in [-0.05, 0) is 29.3 Å². The summed E-state index contributed by atoms with van der Waals surface area (Å²) in [6.45, 7) is 0. The van der Waals surface area contributed by atoms with E-state index >= 15 is 0 Å². The molecular weight excluding hydrogens is 197 g/mol. The third-order valence-corrected chi connectivity index (χ3v) is 2.17. The van der Waals surface area contributed by atoms with Crippen LogP contribution in [0, 0.1) is 0 Å². The van der Waals surface area contributed by atoms with Gasteiger partial charge in [-0.2, -0.15) is 0 Å². The van der Waals surface area contributed by atoms with E-state index in [2.05, 4.69) is 0 Å². The quantitative estimate of drug-likeness (QED) is 0.416. The smallest absolute Gasteiger partial charge is 0.768 e.